The molecule has 0 aromatic heterocycles. The highest BCUT2D eigenvalue weighted by Crippen LogP contribution is 2.24. The van der Waals surface area contributed by atoms with Crippen LogP contribution in [0, 0.1) is 5.92 Å². The van der Waals surface area contributed by atoms with Gasteiger partial charge in [-0.1, -0.05) is 32.0 Å². The summed E-state index contributed by atoms with van der Waals surface area (Å²) in [5.41, 5.74) is 6.76. The molecule has 0 saturated carbocycles. The van der Waals surface area contributed by atoms with Gasteiger partial charge in [0.2, 0.25) is 5.91 Å². The number of benzene rings is 1. The van der Waals surface area contributed by atoms with E-state index in [-0.39, 0.29) is 17.9 Å². The first kappa shape index (κ1) is 14.5. The number of ether oxygens (including phenoxy) is 1. The first-order valence-electron chi connectivity index (χ1n) is 6.16. The average Bonchev–Trinajstić information content (AvgIpc) is 2.37. The largest absolute Gasteiger partial charge is 0.496 e. The standard InChI is InChI=1S/C14H22N2O2/c1-9(2)13(15)14(17)16-10(3)11-7-5-6-8-12(11)18-4/h5-10,13H,15H2,1-4H3,(H,16,17)/t10-,13-/m1/s1. The Kier molecular flexibility index (Phi) is 5.16. The summed E-state index contributed by atoms with van der Waals surface area (Å²) in [4.78, 5) is 11.9. The molecule has 0 aliphatic heterocycles. The molecule has 1 aromatic rings. The number of hydrogen-bond acceptors (Lipinski definition) is 3. The number of carbonyl (C=O) groups excluding carboxylic acids is 1. The first-order valence-corrected chi connectivity index (χ1v) is 6.16. The number of nitrogens with one attached hydrogen (secondary N) is 1. The molecule has 0 aliphatic carbocycles. The number of rotatable bonds is 5. The van der Waals surface area contributed by atoms with E-state index in [1.165, 1.54) is 0 Å². The number of nitrogens with two attached hydrogens (primary N) is 1. The molecule has 0 bridgehead atoms. The van der Waals surface area contributed by atoms with Gasteiger partial charge in [-0.15, -0.1) is 0 Å². The van der Waals surface area contributed by atoms with E-state index in [0.29, 0.717) is 0 Å². The van der Waals surface area contributed by atoms with E-state index in [1.54, 1.807) is 7.11 Å². The second-order valence-corrected chi connectivity index (χ2v) is 4.74. The quantitative estimate of drug-likeness (QED) is 0.838. The maximum Gasteiger partial charge on any atom is 0.237 e. The lowest BCUT2D eigenvalue weighted by molar-refractivity contribution is -0.123. The fraction of sp³-hybridized carbons (Fsp3) is 0.500. The molecule has 0 spiro atoms. The Labute approximate surface area is 109 Å². The van der Waals surface area contributed by atoms with Gasteiger partial charge >= 0.3 is 0 Å². The third kappa shape index (κ3) is 3.47. The summed E-state index contributed by atoms with van der Waals surface area (Å²) < 4.78 is 5.27. The molecule has 3 N–H and O–H groups in total. The molecule has 4 heteroatoms. The summed E-state index contributed by atoms with van der Waals surface area (Å²) in [6.07, 6.45) is 0. The van der Waals surface area contributed by atoms with E-state index in [1.807, 2.05) is 45.0 Å². The van der Waals surface area contributed by atoms with Crippen molar-refractivity contribution in [2.45, 2.75) is 32.9 Å². The highest BCUT2D eigenvalue weighted by Gasteiger charge is 2.20. The van der Waals surface area contributed by atoms with Crippen molar-refractivity contribution in [3.05, 3.63) is 29.8 Å². The maximum atomic E-state index is 11.9. The van der Waals surface area contributed by atoms with Crippen LogP contribution in [0.1, 0.15) is 32.4 Å². The van der Waals surface area contributed by atoms with Gasteiger partial charge in [-0.05, 0) is 18.9 Å². The Balaban J connectivity index is 2.76. The summed E-state index contributed by atoms with van der Waals surface area (Å²) in [6.45, 7) is 5.78. The van der Waals surface area contributed by atoms with Gasteiger partial charge in [-0.2, -0.15) is 0 Å². The third-order valence-corrected chi connectivity index (χ3v) is 2.99. The van der Waals surface area contributed by atoms with Crippen LogP contribution < -0.4 is 15.8 Å². The number of hydrogen-bond donors (Lipinski definition) is 2. The number of amides is 1. The lowest BCUT2D eigenvalue weighted by atomic mass is 10.0. The summed E-state index contributed by atoms with van der Waals surface area (Å²) >= 11 is 0. The number of methoxy groups -OCH3 is 1. The number of para-hydroxylation sites is 1. The lowest BCUT2D eigenvalue weighted by Gasteiger charge is -2.21. The van der Waals surface area contributed by atoms with Crippen LogP contribution in [-0.4, -0.2) is 19.1 Å². The van der Waals surface area contributed by atoms with Gasteiger partial charge in [0, 0.05) is 5.56 Å². The van der Waals surface area contributed by atoms with Crippen LogP contribution in [0.15, 0.2) is 24.3 Å². The van der Waals surface area contributed by atoms with E-state index >= 15 is 0 Å². The normalized spacial score (nSPS) is 14.1. The van der Waals surface area contributed by atoms with Crippen molar-refractivity contribution < 1.29 is 9.53 Å². The lowest BCUT2D eigenvalue weighted by Crippen LogP contribution is -2.44. The highest BCUT2D eigenvalue weighted by atomic mass is 16.5. The average molecular weight is 250 g/mol. The molecule has 0 aliphatic rings. The minimum Gasteiger partial charge on any atom is -0.496 e. The molecule has 1 aromatic carbocycles. The molecule has 4 nitrogen and oxygen atoms in total. The summed E-state index contributed by atoms with van der Waals surface area (Å²) in [5.74, 6) is 0.752. The van der Waals surface area contributed by atoms with Crippen LogP contribution in [0.25, 0.3) is 0 Å². The van der Waals surface area contributed by atoms with Gasteiger partial charge in [0.25, 0.3) is 0 Å². The predicted molar refractivity (Wildman–Crippen MR) is 72.4 cm³/mol. The summed E-state index contributed by atoms with van der Waals surface area (Å²) in [5, 5.41) is 2.91. The molecular weight excluding hydrogens is 228 g/mol. The minimum absolute atomic E-state index is 0.120. The van der Waals surface area contributed by atoms with E-state index in [0.717, 1.165) is 11.3 Å². The monoisotopic (exact) mass is 250 g/mol. The van der Waals surface area contributed by atoms with E-state index in [4.69, 9.17) is 10.5 Å². The van der Waals surface area contributed by atoms with E-state index < -0.39 is 6.04 Å². The van der Waals surface area contributed by atoms with Crippen molar-refractivity contribution in [2.24, 2.45) is 11.7 Å². The Morgan fingerprint density at radius 1 is 1.28 bits per heavy atom. The van der Waals surface area contributed by atoms with Crippen molar-refractivity contribution in [2.75, 3.05) is 7.11 Å². The van der Waals surface area contributed by atoms with Crippen molar-refractivity contribution in [1.82, 2.24) is 5.32 Å². The zero-order chi connectivity index (χ0) is 13.7. The Morgan fingerprint density at radius 2 is 1.89 bits per heavy atom. The van der Waals surface area contributed by atoms with E-state index in [9.17, 15) is 4.79 Å². The van der Waals surface area contributed by atoms with Crippen molar-refractivity contribution in [3.63, 3.8) is 0 Å². The van der Waals surface area contributed by atoms with Crippen LogP contribution in [0.2, 0.25) is 0 Å². The second-order valence-electron chi connectivity index (χ2n) is 4.74. The molecule has 1 rings (SSSR count). The van der Waals surface area contributed by atoms with Crippen LogP contribution in [-0.2, 0) is 4.79 Å². The molecule has 0 fully saturated rings. The SMILES string of the molecule is COc1ccccc1[C@@H](C)NC(=O)[C@H](N)C(C)C. The van der Waals surface area contributed by atoms with Crippen LogP contribution >= 0.6 is 0 Å². The molecule has 2 atom stereocenters. The van der Waals surface area contributed by atoms with Gasteiger partial charge in [0.15, 0.2) is 0 Å². The van der Waals surface area contributed by atoms with Gasteiger partial charge < -0.3 is 15.8 Å². The first-order chi connectivity index (χ1) is 8.47. The van der Waals surface area contributed by atoms with Crippen molar-refractivity contribution in [1.29, 1.82) is 0 Å². The molecule has 0 saturated heterocycles. The molecule has 1 amide bonds. The molecule has 0 radical (unpaired) electrons. The highest BCUT2D eigenvalue weighted by molar-refractivity contribution is 5.82. The van der Waals surface area contributed by atoms with Crippen LogP contribution in [0.3, 0.4) is 0 Å². The molecule has 18 heavy (non-hydrogen) atoms. The Morgan fingerprint density at radius 3 is 2.44 bits per heavy atom. The van der Waals surface area contributed by atoms with Crippen LogP contribution in [0.4, 0.5) is 0 Å². The molecule has 0 heterocycles. The fourth-order valence-corrected chi connectivity index (χ4v) is 1.71. The topological polar surface area (TPSA) is 64.3 Å². The fourth-order valence-electron chi connectivity index (χ4n) is 1.71. The van der Waals surface area contributed by atoms with Gasteiger partial charge in [-0.25, -0.2) is 0 Å². The smallest absolute Gasteiger partial charge is 0.237 e. The molecule has 0 unspecified atom stereocenters. The Hall–Kier alpha value is -1.55. The van der Waals surface area contributed by atoms with Crippen molar-refractivity contribution >= 4 is 5.91 Å². The molecular formula is C14H22N2O2. The van der Waals surface area contributed by atoms with Gasteiger partial charge in [0.1, 0.15) is 5.75 Å². The van der Waals surface area contributed by atoms with Crippen molar-refractivity contribution in [3.8, 4) is 5.75 Å². The zero-order valence-corrected chi connectivity index (χ0v) is 11.4. The third-order valence-electron chi connectivity index (χ3n) is 2.99. The molecule has 100 valence electrons. The van der Waals surface area contributed by atoms with E-state index in [2.05, 4.69) is 5.32 Å². The minimum atomic E-state index is -0.484. The zero-order valence-electron chi connectivity index (χ0n) is 11.4. The van der Waals surface area contributed by atoms with Gasteiger partial charge in [0.05, 0.1) is 19.2 Å². The Bertz CT molecular complexity index is 405. The number of carbonyl (C=O) groups is 1. The predicted octanol–water partition coefficient (Wildman–Crippen LogP) is 1.86. The maximum absolute atomic E-state index is 11.9. The van der Waals surface area contributed by atoms with Gasteiger partial charge in [-0.3, -0.25) is 4.79 Å². The summed E-state index contributed by atoms with van der Waals surface area (Å²) in [6, 6.07) is 7.02. The second kappa shape index (κ2) is 6.40. The van der Waals surface area contributed by atoms with Crippen LogP contribution in [0.5, 0.6) is 5.75 Å². The summed E-state index contributed by atoms with van der Waals surface area (Å²) in [7, 11) is 1.62.